The lowest BCUT2D eigenvalue weighted by Crippen LogP contribution is -2.46. The largest absolute Gasteiger partial charge is 0.393 e. The maximum atomic E-state index is 9.06. The van der Waals surface area contributed by atoms with Crippen LogP contribution < -0.4 is 5.32 Å². The number of piperidine rings is 1. The Bertz CT molecular complexity index is 112. The van der Waals surface area contributed by atoms with Crippen molar-refractivity contribution in [3.05, 3.63) is 0 Å². The van der Waals surface area contributed by atoms with Crippen molar-refractivity contribution < 1.29 is 9.84 Å². The Labute approximate surface area is 83.8 Å². The number of hydrogen-bond acceptors (Lipinski definition) is 3. The zero-order chi connectivity index (χ0) is 8.16. The molecule has 0 unspecified atom stereocenters. The number of rotatable bonds is 3. The summed E-state index contributed by atoms with van der Waals surface area (Å²) < 4.78 is 5.30. The van der Waals surface area contributed by atoms with E-state index in [1.807, 2.05) is 0 Å². The minimum absolute atomic E-state index is 0. The highest BCUT2D eigenvalue weighted by molar-refractivity contribution is 6.17. The molecule has 1 rings (SSSR count). The maximum absolute atomic E-state index is 9.06. The third-order valence-electron chi connectivity index (χ3n) is 2.16. The fourth-order valence-electron chi connectivity index (χ4n) is 1.35. The smallest absolute Gasteiger partial charge is 0.121 e. The molecule has 1 saturated heterocycles. The second kappa shape index (κ2) is 6.00. The molecule has 0 radical (unpaired) electrons. The van der Waals surface area contributed by atoms with Crippen LogP contribution in [0.5, 0.6) is 0 Å². The monoisotopic (exact) mass is 215 g/mol. The molecule has 0 atom stereocenters. The fourth-order valence-corrected chi connectivity index (χ4v) is 1.58. The SMILES string of the molecule is Cl.OCC1(OCCl)CCNCC1. The lowest BCUT2D eigenvalue weighted by atomic mass is 9.93. The van der Waals surface area contributed by atoms with Crippen LogP contribution in [-0.2, 0) is 4.74 Å². The zero-order valence-electron chi connectivity index (χ0n) is 6.88. The van der Waals surface area contributed by atoms with E-state index in [-0.39, 0.29) is 30.7 Å². The first kappa shape index (κ1) is 12.5. The summed E-state index contributed by atoms with van der Waals surface area (Å²) in [5.74, 6) is 0. The summed E-state index contributed by atoms with van der Waals surface area (Å²) in [5, 5.41) is 12.3. The number of hydrogen-bond donors (Lipinski definition) is 2. The van der Waals surface area contributed by atoms with Gasteiger partial charge in [0.05, 0.1) is 12.2 Å². The molecule has 0 bridgehead atoms. The molecule has 5 heteroatoms. The van der Waals surface area contributed by atoms with Crippen LogP contribution in [0.3, 0.4) is 0 Å². The first-order valence-electron chi connectivity index (χ1n) is 3.84. The lowest BCUT2D eigenvalue weighted by Gasteiger charge is -2.35. The van der Waals surface area contributed by atoms with Crippen molar-refractivity contribution in [3.63, 3.8) is 0 Å². The maximum Gasteiger partial charge on any atom is 0.121 e. The minimum Gasteiger partial charge on any atom is -0.393 e. The molecule has 0 aromatic heterocycles. The zero-order valence-corrected chi connectivity index (χ0v) is 8.46. The Kier molecular flexibility index (Phi) is 6.23. The van der Waals surface area contributed by atoms with Crippen molar-refractivity contribution >= 4 is 24.0 Å². The quantitative estimate of drug-likeness (QED) is 0.683. The molecule has 0 spiro atoms. The molecule has 1 heterocycles. The average Bonchev–Trinajstić information content (AvgIpc) is 2.07. The summed E-state index contributed by atoms with van der Waals surface area (Å²) >= 11 is 5.45. The van der Waals surface area contributed by atoms with Gasteiger partial charge in [0, 0.05) is 0 Å². The van der Waals surface area contributed by atoms with E-state index in [0.717, 1.165) is 25.9 Å². The van der Waals surface area contributed by atoms with Gasteiger partial charge in [-0.3, -0.25) is 0 Å². The molecule has 1 aliphatic rings. The van der Waals surface area contributed by atoms with E-state index >= 15 is 0 Å². The highest BCUT2D eigenvalue weighted by atomic mass is 35.5. The van der Waals surface area contributed by atoms with Crippen LogP contribution in [0, 0.1) is 0 Å². The van der Waals surface area contributed by atoms with Crippen LogP contribution in [-0.4, -0.2) is 36.5 Å². The summed E-state index contributed by atoms with van der Waals surface area (Å²) in [6.07, 6.45) is 1.69. The summed E-state index contributed by atoms with van der Waals surface area (Å²) in [7, 11) is 0. The molecule has 74 valence electrons. The Balaban J connectivity index is 0.00000121. The molecule has 12 heavy (non-hydrogen) atoms. The van der Waals surface area contributed by atoms with Gasteiger partial charge in [0.1, 0.15) is 6.07 Å². The van der Waals surface area contributed by atoms with Crippen molar-refractivity contribution in [2.75, 3.05) is 25.8 Å². The molecular formula is C7H15Cl2NO2. The van der Waals surface area contributed by atoms with E-state index in [9.17, 15) is 0 Å². The van der Waals surface area contributed by atoms with Crippen LogP contribution in [0.15, 0.2) is 0 Å². The van der Waals surface area contributed by atoms with Crippen LogP contribution in [0.2, 0.25) is 0 Å². The fraction of sp³-hybridized carbons (Fsp3) is 1.00. The van der Waals surface area contributed by atoms with Gasteiger partial charge in [0.2, 0.25) is 0 Å². The van der Waals surface area contributed by atoms with Crippen molar-refractivity contribution in [2.45, 2.75) is 18.4 Å². The lowest BCUT2D eigenvalue weighted by molar-refractivity contribution is -0.0792. The Morgan fingerprint density at radius 1 is 1.42 bits per heavy atom. The molecule has 0 amide bonds. The van der Waals surface area contributed by atoms with Crippen LogP contribution >= 0.6 is 24.0 Å². The Morgan fingerprint density at radius 3 is 2.42 bits per heavy atom. The van der Waals surface area contributed by atoms with Crippen molar-refractivity contribution in [2.24, 2.45) is 0 Å². The number of nitrogens with one attached hydrogen (secondary N) is 1. The summed E-state index contributed by atoms with van der Waals surface area (Å²) in [5.41, 5.74) is -0.368. The van der Waals surface area contributed by atoms with E-state index < -0.39 is 0 Å². The molecule has 2 N–H and O–H groups in total. The predicted octanol–water partition coefficient (Wildman–Crippen LogP) is 0.736. The van der Waals surface area contributed by atoms with Crippen molar-refractivity contribution in [3.8, 4) is 0 Å². The number of ether oxygens (including phenoxy) is 1. The van der Waals surface area contributed by atoms with Gasteiger partial charge in [-0.15, -0.1) is 12.4 Å². The van der Waals surface area contributed by atoms with Crippen molar-refractivity contribution in [1.82, 2.24) is 5.32 Å². The van der Waals surface area contributed by atoms with Gasteiger partial charge in [0.25, 0.3) is 0 Å². The number of aliphatic hydroxyl groups is 1. The van der Waals surface area contributed by atoms with E-state index in [1.165, 1.54) is 0 Å². The van der Waals surface area contributed by atoms with Gasteiger partial charge >= 0.3 is 0 Å². The van der Waals surface area contributed by atoms with Crippen LogP contribution in [0.1, 0.15) is 12.8 Å². The summed E-state index contributed by atoms with van der Waals surface area (Å²) in [6, 6.07) is 0.167. The topological polar surface area (TPSA) is 41.5 Å². The molecule has 0 aromatic carbocycles. The van der Waals surface area contributed by atoms with Gasteiger partial charge in [0.15, 0.2) is 0 Å². The first-order chi connectivity index (χ1) is 5.33. The Hall–Kier alpha value is 0.460. The van der Waals surface area contributed by atoms with Gasteiger partial charge in [-0.25, -0.2) is 0 Å². The first-order valence-corrected chi connectivity index (χ1v) is 4.38. The standard InChI is InChI=1S/C7H14ClNO2.ClH/c8-6-11-7(5-10)1-3-9-4-2-7;/h9-10H,1-6H2;1H. The van der Waals surface area contributed by atoms with E-state index in [4.69, 9.17) is 21.4 Å². The van der Waals surface area contributed by atoms with Crippen molar-refractivity contribution in [1.29, 1.82) is 0 Å². The minimum atomic E-state index is -0.368. The van der Waals surface area contributed by atoms with Gasteiger partial charge < -0.3 is 15.2 Å². The van der Waals surface area contributed by atoms with E-state index in [1.54, 1.807) is 0 Å². The molecule has 0 aromatic rings. The van der Waals surface area contributed by atoms with Gasteiger partial charge in [-0.2, -0.15) is 0 Å². The molecular weight excluding hydrogens is 201 g/mol. The third kappa shape index (κ3) is 3.07. The van der Waals surface area contributed by atoms with E-state index in [0.29, 0.717) is 0 Å². The van der Waals surface area contributed by atoms with Gasteiger partial charge in [-0.05, 0) is 25.9 Å². The summed E-state index contributed by atoms with van der Waals surface area (Å²) in [6.45, 7) is 1.87. The van der Waals surface area contributed by atoms with Crippen LogP contribution in [0.25, 0.3) is 0 Å². The number of halogens is 2. The molecule has 3 nitrogen and oxygen atoms in total. The molecule has 1 aliphatic heterocycles. The average molecular weight is 216 g/mol. The highest BCUT2D eigenvalue weighted by Crippen LogP contribution is 2.22. The molecule has 0 saturated carbocycles. The predicted molar refractivity (Wildman–Crippen MR) is 51.0 cm³/mol. The van der Waals surface area contributed by atoms with E-state index in [2.05, 4.69) is 5.32 Å². The van der Waals surface area contributed by atoms with Gasteiger partial charge in [-0.1, -0.05) is 11.6 Å². The number of alkyl halides is 1. The Morgan fingerprint density at radius 2 is 2.00 bits per heavy atom. The molecule has 0 aliphatic carbocycles. The molecule has 1 fully saturated rings. The second-order valence-electron chi connectivity index (χ2n) is 2.84. The summed E-state index contributed by atoms with van der Waals surface area (Å²) in [4.78, 5) is 0. The normalized spacial score (nSPS) is 21.5. The second-order valence-corrected chi connectivity index (χ2v) is 3.06. The number of aliphatic hydroxyl groups excluding tert-OH is 1. The third-order valence-corrected chi connectivity index (χ3v) is 2.27. The highest BCUT2D eigenvalue weighted by Gasteiger charge is 2.31. The van der Waals surface area contributed by atoms with Crippen LogP contribution in [0.4, 0.5) is 0 Å².